The largest absolute Gasteiger partial charge is 0.416 e. The fraction of sp³-hybridized carbons (Fsp3) is 0.429. The van der Waals surface area contributed by atoms with E-state index in [9.17, 15) is 21.6 Å². The van der Waals surface area contributed by atoms with Crippen molar-refractivity contribution in [3.8, 4) is 0 Å². The Morgan fingerprint density at radius 2 is 1.84 bits per heavy atom. The highest BCUT2D eigenvalue weighted by Crippen LogP contribution is 2.44. The number of rotatable bonds is 5. The van der Waals surface area contributed by atoms with Gasteiger partial charge in [-0.2, -0.15) is 13.2 Å². The molecular weight excluding hydrogens is 451 g/mol. The summed E-state index contributed by atoms with van der Waals surface area (Å²) in [6, 6.07) is 6.12. The van der Waals surface area contributed by atoms with Gasteiger partial charge in [0.25, 0.3) is 0 Å². The third-order valence-electron chi connectivity index (χ3n) is 5.52. The van der Waals surface area contributed by atoms with Gasteiger partial charge < -0.3 is 15.5 Å². The highest BCUT2D eigenvalue weighted by atomic mass is 35.5. The van der Waals surface area contributed by atoms with Crippen molar-refractivity contribution < 1.29 is 21.6 Å². The molecule has 0 saturated carbocycles. The van der Waals surface area contributed by atoms with Gasteiger partial charge in [0.1, 0.15) is 4.87 Å². The zero-order chi connectivity index (χ0) is 22.9. The summed E-state index contributed by atoms with van der Waals surface area (Å²) in [7, 11) is -2.10. The molecule has 31 heavy (non-hydrogen) atoms. The standard InChI is InChI=1S/C21H25ClF3N3O2S/c1-27-10-12-28(13-11-27)9-4-14-31(29,30)20(26)8-7-16(18(15-20)21(23,24)25)17-5-2-3-6-19(17)22/h2-7,9,15H,8,10-14,26H2,1H3. The molecule has 0 radical (unpaired) electrons. The number of halogens is 4. The molecule has 10 heteroatoms. The van der Waals surface area contributed by atoms with E-state index < -0.39 is 32.2 Å². The molecule has 0 aromatic heterocycles. The maximum Gasteiger partial charge on any atom is 0.416 e. The van der Waals surface area contributed by atoms with Gasteiger partial charge in [0.2, 0.25) is 0 Å². The summed E-state index contributed by atoms with van der Waals surface area (Å²) in [5.41, 5.74) is 4.97. The van der Waals surface area contributed by atoms with Gasteiger partial charge in [0.05, 0.1) is 11.3 Å². The van der Waals surface area contributed by atoms with Crippen LogP contribution in [0.25, 0.3) is 5.57 Å². The van der Waals surface area contributed by atoms with E-state index in [0.29, 0.717) is 6.08 Å². The SMILES string of the molecule is CN1CCN(C=CCS(=O)(=O)C2(N)C=C(C(F)(F)F)C(c3ccccc3Cl)=CC2)CC1. The predicted octanol–water partition coefficient (Wildman–Crippen LogP) is 3.45. The van der Waals surface area contributed by atoms with Crippen LogP contribution in [0.5, 0.6) is 0 Å². The van der Waals surface area contributed by atoms with Gasteiger partial charge >= 0.3 is 6.18 Å². The Balaban J connectivity index is 1.85. The van der Waals surface area contributed by atoms with Crippen molar-refractivity contribution in [3.63, 3.8) is 0 Å². The van der Waals surface area contributed by atoms with Crippen LogP contribution in [0.15, 0.2) is 54.3 Å². The summed E-state index contributed by atoms with van der Waals surface area (Å²) in [6.45, 7) is 3.21. The fourth-order valence-electron chi connectivity index (χ4n) is 3.58. The lowest BCUT2D eigenvalue weighted by Crippen LogP contribution is -2.48. The highest BCUT2D eigenvalue weighted by molar-refractivity contribution is 7.93. The predicted molar refractivity (Wildman–Crippen MR) is 117 cm³/mol. The Bertz CT molecular complexity index is 1010. The number of sulfone groups is 1. The van der Waals surface area contributed by atoms with E-state index in [1.165, 1.54) is 24.3 Å². The van der Waals surface area contributed by atoms with Gasteiger partial charge in [-0.05, 0) is 31.0 Å². The first-order valence-corrected chi connectivity index (χ1v) is 11.8. The normalized spacial score (nSPS) is 23.7. The Labute approximate surface area is 185 Å². The van der Waals surface area contributed by atoms with E-state index in [-0.39, 0.29) is 22.6 Å². The molecule has 1 fully saturated rings. The monoisotopic (exact) mass is 475 g/mol. The minimum Gasteiger partial charge on any atom is -0.375 e. The second kappa shape index (κ2) is 8.97. The molecule has 1 aliphatic carbocycles. The van der Waals surface area contributed by atoms with Gasteiger partial charge in [0.15, 0.2) is 9.84 Å². The summed E-state index contributed by atoms with van der Waals surface area (Å²) in [6.07, 6.45) is -0.102. The molecule has 2 aliphatic rings. The van der Waals surface area contributed by atoms with Crippen LogP contribution in [0.4, 0.5) is 13.2 Å². The second-order valence-electron chi connectivity index (χ2n) is 7.82. The van der Waals surface area contributed by atoms with E-state index >= 15 is 0 Å². The zero-order valence-electron chi connectivity index (χ0n) is 17.1. The minimum absolute atomic E-state index is 0.145. The fourth-order valence-corrected chi connectivity index (χ4v) is 5.11. The topological polar surface area (TPSA) is 66.6 Å². The Hall–Kier alpha value is -1.81. The zero-order valence-corrected chi connectivity index (χ0v) is 18.6. The molecule has 1 aromatic rings. The molecule has 1 heterocycles. The molecule has 1 saturated heterocycles. The highest BCUT2D eigenvalue weighted by Gasteiger charge is 2.46. The van der Waals surface area contributed by atoms with Gasteiger partial charge in [0, 0.05) is 43.2 Å². The second-order valence-corrected chi connectivity index (χ2v) is 10.5. The minimum atomic E-state index is -4.79. The molecule has 1 aromatic carbocycles. The number of benzene rings is 1. The van der Waals surface area contributed by atoms with Crippen LogP contribution in [-0.2, 0) is 9.84 Å². The third-order valence-corrected chi connectivity index (χ3v) is 7.93. The van der Waals surface area contributed by atoms with Crippen LogP contribution in [0.3, 0.4) is 0 Å². The molecule has 2 N–H and O–H groups in total. The average Bonchev–Trinajstić information content (AvgIpc) is 2.69. The van der Waals surface area contributed by atoms with Crippen molar-refractivity contribution in [2.45, 2.75) is 17.5 Å². The van der Waals surface area contributed by atoms with E-state index in [1.807, 2.05) is 11.9 Å². The maximum absolute atomic E-state index is 13.8. The number of piperazine rings is 1. The first kappa shape index (κ1) is 23.8. The molecule has 0 spiro atoms. The van der Waals surface area contributed by atoms with E-state index in [4.69, 9.17) is 17.3 Å². The first-order chi connectivity index (χ1) is 14.4. The number of allylic oxidation sites excluding steroid dienone is 2. The molecular formula is C21H25ClF3N3O2S. The lowest BCUT2D eigenvalue weighted by atomic mass is 9.89. The number of nitrogens with two attached hydrogens (primary N) is 1. The number of likely N-dealkylation sites (N-methyl/N-ethyl adjacent to an activating group) is 1. The van der Waals surface area contributed by atoms with Crippen LogP contribution in [0.1, 0.15) is 12.0 Å². The number of hydrogen-bond acceptors (Lipinski definition) is 5. The van der Waals surface area contributed by atoms with Crippen LogP contribution >= 0.6 is 11.6 Å². The van der Waals surface area contributed by atoms with E-state index in [1.54, 1.807) is 18.3 Å². The summed E-state index contributed by atoms with van der Waals surface area (Å²) < 4.78 is 67.3. The van der Waals surface area contributed by atoms with Gasteiger partial charge in [-0.3, -0.25) is 0 Å². The van der Waals surface area contributed by atoms with E-state index in [0.717, 1.165) is 26.2 Å². The van der Waals surface area contributed by atoms with Crippen molar-refractivity contribution in [1.82, 2.24) is 9.80 Å². The van der Waals surface area contributed by atoms with Crippen molar-refractivity contribution >= 4 is 27.0 Å². The maximum atomic E-state index is 13.8. The summed E-state index contributed by atoms with van der Waals surface area (Å²) >= 11 is 6.08. The smallest absolute Gasteiger partial charge is 0.375 e. The Morgan fingerprint density at radius 3 is 2.45 bits per heavy atom. The van der Waals surface area contributed by atoms with Crippen molar-refractivity contribution in [2.24, 2.45) is 5.73 Å². The van der Waals surface area contributed by atoms with Crippen LogP contribution in [0, 0.1) is 0 Å². The number of nitrogens with zero attached hydrogens (tertiary/aromatic N) is 2. The molecule has 0 amide bonds. The molecule has 3 rings (SSSR count). The molecule has 1 unspecified atom stereocenters. The number of alkyl halides is 3. The quantitative estimate of drug-likeness (QED) is 0.706. The van der Waals surface area contributed by atoms with Crippen molar-refractivity contribution in [2.75, 3.05) is 39.0 Å². The molecule has 170 valence electrons. The van der Waals surface area contributed by atoms with Crippen molar-refractivity contribution in [1.29, 1.82) is 0 Å². The summed E-state index contributed by atoms with van der Waals surface area (Å²) in [5, 5.41) is 0.145. The van der Waals surface area contributed by atoms with Crippen LogP contribution < -0.4 is 5.73 Å². The van der Waals surface area contributed by atoms with Gasteiger partial charge in [-0.1, -0.05) is 42.0 Å². The summed E-state index contributed by atoms with van der Waals surface area (Å²) in [5.74, 6) is -0.452. The van der Waals surface area contributed by atoms with Gasteiger partial charge in [-0.15, -0.1) is 0 Å². The van der Waals surface area contributed by atoms with Crippen LogP contribution in [0.2, 0.25) is 5.02 Å². The molecule has 1 aliphatic heterocycles. The molecule has 5 nitrogen and oxygen atoms in total. The molecule has 1 atom stereocenters. The van der Waals surface area contributed by atoms with Gasteiger partial charge in [-0.25, -0.2) is 8.42 Å². The average molecular weight is 476 g/mol. The van der Waals surface area contributed by atoms with Crippen molar-refractivity contribution in [3.05, 3.63) is 64.9 Å². The Kier molecular flexibility index (Phi) is 6.90. The summed E-state index contributed by atoms with van der Waals surface area (Å²) in [4.78, 5) is 1.98. The lowest BCUT2D eigenvalue weighted by molar-refractivity contribution is -0.0876. The molecule has 0 bridgehead atoms. The lowest BCUT2D eigenvalue weighted by Gasteiger charge is -2.32. The number of hydrogen-bond donors (Lipinski definition) is 1. The Morgan fingerprint density at radius 1 is 1.19 bits per heavy atom. The first-order valence-electron chi connectivity index (χ1n) is 9.79. The van der Waals surface area contributed by atoms with Crippen LogP contribution in [-0.4, -0.2) is 68.2 Å². The third kappa shape index (κ3) is 5.34. The van der Waals surface area contributed by atoms with E-state index in [2.05, 4.69) is 4.90 Å².